The van der Waals surface area contributed by atoms with E-state index in [2.05, 4.69) is 5.32 Å². The maximum absolute atomic E-state index is 13.0. The summed E-state index contributed by atoms with van der Waals surface area (Å²) >= 11 is 0. The van der Waals surface area contributed by atoms with E-state index in [1.807, 2.05) is 0 Å². The maximum Gasteiger partial charge on any atom is 0.316 e. The number of furan rings is 1. The molecule has 0 bridgehead atoms. The number of hydrogen-bond acceptors (Lipinski definition) is 7. The number of benzene rings is 1. The predicted octanol–water partition coefficient (Wildman–Crippen LogP) is 1.78. The summed E-state index contributed by atoms with van der Waals surface area (Å²) in [5.74, 6) is 0.0403. The number of hydrogen-bond donors (Lipinski definition) is 5. The van der Waals surface area contributed by atoms with E-state index in [1.165, 1.54) is 6.07 Å². The van der Waals surface area contributed by atoms with Crippen LogP contribution in [0.25, 0.3) is 11.0 Å². The first-order valence-corrected chi connectivity index (χ1v) is 9.61. The maximum atomic E-state index is 13.0. The van der Waals surface area contributed by atoms with Crippen LogP contribution in [0.3, 0.4) is 0 Å². The summed E-state index contributed by atoms with van der Waals surface area (Å²) in [5, 5.41) is 31.2. The summed E-state index contributed by atoms with van der Waals surface area (Å²) in [6.45, 7) is -1.68. The first kappa shape index (κ1) is 21.1. The number of urea groups is 1. The van der Waals surface area contributed by atoms with Crippen molar-refractivity contribution in [3.8, 4) is 5.75 Å². The summed E-state index contributed by atoms with van der Waals surface area (Å²) in [5.41, 5.74) is 4.04. The van der Waals surface area contributed by atoms with Gasteiger partial charge in [0.15, 0.2) is 5.76 Å². The van der Waals surface area contributed by atoms with Crippen molar-refractivity contribution in [2.24, 2.45) is 11.7 Å². The molecule has 9 heteroatoms. The fourth-order valence-electron chi connectivity index (χ4n) is 3.50. The number of carbonyl (C=O) groups excluding carboxylic acids is 2. The molecule has 0 aliphatic heterocycles. The van der Waals surface area contributed by atoms with Crippen LogP contribution in [-0.2, 0) is 0 Å². The lowest BCUT2D eigenvalue weighted by Crippen LogP contribution is -2.43. The van der Waals surface area contributed by atoms with Crippen molar-refractivity contribution in [2.45, 2.75) is 37.7 Å². The number of ketones is 1. The van der Waals surface area contributed by atoms with Gasteiger partial charge in [0.2, 0.25) is 5.78 Å². The number of nitrogens with two attached hydrogens (primary N) is 1. The zero-order chi connectivity index (χ0) is 21.0. The number of amides is 2. The average molecular weight is 406 g/mol. The van der Waals surface area contributed by atoms with E-state index in [4.69, 9.17) is 25.1 Å². The smallest absolute Gasteiger partial charge is 0.316 e. The molecule has 1 aliphatic rings. The topological polar surface area (TPSA) is 155 Å². The first-order valence-electron chi connectivity index (χ1n) is 9.61. The Labute approximate surface area is 167 Å². The number of ether oxygens (including phenoxy) is 1. The molecule has 6 N–H and O–H groups in total. The van der Waals surface area contributed by atoms with E-state index < -0.39 is 24.8 Å². The van der Waals surface area contributed by atoms with Gasteiger partial charge in [0.05, 0.1) is 13.2 Å². The SMILES string of the molecule is NC(=O)Nc1c(C(=O)C2CCCCC2)oc2cc(OCC(O)(CO)CO)ccc12. The number of fused-ring (bicyclic) bond motifs is 1. The number of carbonyl (C=O) groups is 2. The number of anilines is 1. The van der Waals surface area contributed by atoms with Crippen molar-refractivity contribution in [1.29, 1.82) is 0 Å². The van der Waals surface area contributed by atoms with Crippen molar-refractivity contribution < 1.29 is 34.1 Å². The third-order valence-corrected chi connectivity index (χ3v) is 5.21. The van der Waals surface area contributed by atoms with Crippen molar-refractivity contribution in [3.63, 3.8) is 0 Å². The molecule has 0 radical (unpaired) electrons. The monoisotopic (exact) mass is 406 g/mol. The number of aliphatic hydroxyl groups excluding tert-OH is 2. The molecule has 1 heterocycles. The summed E-state index contributed by atoms with van der Waals surface area (Å²) < 4.78 is 11.2. The summed E-state index contributed by atoms with van der Waals surface area (Å²) in [6.07, 6.45) is 4.62. The van der Waals surface area contributed by atoms with Gasteiger partial charge in [0.25, 0.3) is 0 Å². The molecule has 9 nitrogen and oxygen atoms in total. The van der Waals surface area contributed by atoms with Crippen molar-refractivity contribution in [1.82, 2.24) is 0 Å². The molecule has 0 unspecified atom stereocenters. The Morgan fingerprint density at radius 2 is 1.90 bits per heavy atom. The van der Waals surface area contributed by atoms with Crippen molar-refractivity contribution in [2.75, 3.05) is 25.1 Å². The van der Waals surface area contributed by atoms with Crippen LogP contribution in [-0.4, -0.2) is 52.6 Å². The Bertz CT molecular complexity index is 882. The Morgan fingerprint density at radius 3 is 2.52 bits per heavy atom. The van der Waals surface area contributed by atoms with Gasteiger partial charge in [-0.15, -0.1) is 0 Å². The minimum absolute atomic E-state index is 0.0603. The zero-order valence-corrected chi connectivity index (χ0v) is 16.0. The fraction of sp³-hybridized carbons (Fsp3) is 0.500. The molecule has 3 rings (SSSR count). The van der Waals surface area contributed by atoms with Gasteiger partial charge in [-0.05, 0) is 25.0 Å². The van der Waals surface area contributed by atoms with Gasteiger partial charge in [-0.3, -0.25) is 4.79 Å². The molecule has 0 atom stereocenters. The van der Waals surface area contributed by atoms with E-state index in [0.717, 1.165) is 32.1 Å². The number of rotatable bonds is 8. The minimum Gasteiger partial charge on any atom is -0.490 e. The van der Waals surface area contributed by atoms with Gasteiger partial charge in [0, 0.05) is 17.4 Å². The minimum atomic E-state index is -1.78. The number of Topliss-reactive ketones (excluding diaryl/α,β-unsaturated/α-hetero) is 1. The lowest BCUT2D eigenvalue weighted by atomic mass is 9.85. The van der Waals surface area contributed by atoms with Crippen LogP contribution in [0.15, 0.2) is 22.6 Å². The molecule has 0 saturated heterocycles. The van der Waals surface area contributed by atoms with Crippen LogP contribution in [0, 0.1) is 5.92 Å². The van der Waals surface area contributed by atoms with Crippen molar-refractivity contribution in [3.05, 3.63) is 24.0 Å². The highest BCUT2D eigenvalue weighted by molar-refractivity contribution is 6.11. The standard InChI is InChI=1S/C20H26N2O7/c21-19(26)22-16-14-7-6-13(28-11-20(27,9-23)10-24)8-15(14)29-18(16)17(25)12-4-2-1-3-5-12/h6-8,12,23-24,27H,1-5,9-11H2,(H3,21,22,26). The van der Waals surface area contributed by atoms with Crippen molar-refractivity contribution >= 4 is 28.5 Å². The van der Waals surface area contributed by atoms with Gasteiger partial charge < -0.3 is 35.5 Å². The highest BCUT2D eigenvalue weighted by atomic mass is 16.5. The predicted molar refractivity (Wildman–Crippen MR) is 105 cm³/mol. The molecule has 1 aromatic heterocycles. The average Bonchev–Trinajstić information content (AvgIpc) is 3.09. The van der Waals surface area contributed by atoms with Gasteiger partial charge in [-0.25, -0.2) is 4.79 Å². The molecular weight excluding hydrogens is 380 g/mol. The second-order valence-corrected chi connectivity index (χ2v) is 7.48. The van der Waals surface area contributed by atoms with E-state index >= 15 is 0 Å². The molecule has 1 saturated carbocycles. The van der Waals surface area contributed by atoms with E-state index in [-0.39, 0.29) is 29.8 Å². The number of nitrogens with one attached hydrogen (secondary N) is 1. The zero-order valence-electron chi connectivity index (χ0n) is 16.0. The molecular formula is C20H26N2O7. The van der Waals surface area contributed by atoms with Gasteiger partial charge >= 0.3 is 6.03 Å². The quantitative estimate of drug-likeness (QED) is 0.418. The van der Waals surface area contributed by atoms with Crippen LogP contribution in [0.2, 0.25) is 0 Å². The second-order valence-electron chi connectivity index (χ2n) is 7.48. The summed E-state index contributed by atoms with van der Waals surface area (Å²) in [7, 11) is 0. The van der Waals surface area contributed by atoms with Crippen LogP contribution < -0.4 is 15.8 Å². The third-order valence-electron chi connectivity index (χ3n) is 5.21. The normalized spacial score (nSPS) is 15.4. The Hall–Kier alpha value is -2.62. The number of primary amides is 1. The van der Waals surface area contributed by atoms with Gasteiger partial charge in [0.1, 0.15) is 29.2 Å². The van der Waals surface area contributed by atoms with E-state index in [1.54, 1.807) is 12.1 Å². The molecule has 1 aromatic carbocycles. The Kier molecular flexibility index (Phi) is 6.41. The molecule has 2 aromatic rings. The van der Waals surface area contributed by atoms with Crippen LogP contribution in [0.1, 0.15) is 42.7 Å². The molecule has 2 amide bonds. The Morgan fingerprint density at radius 1 is 1.21 bits per heavy atom. The lowest BCUT2D eigenvalue weighted by molar-refractivity contribution is -0.0806. The molecule has 1 fully saturated rings. The number of aliphatic hydroxyl groups is 3. The highest BCUT2D eigenvalue weighted by Gasteiger charge is 2.30. The van der Waals surface area contributed by atoms with Gasteiger partial charge in [-0.1, -0.05) is 19.3 Å². The summed E-state index contributed by atoms with van der Waals surface area (Å²) in [6, 6.07) is 3.87. The third kappa shape index (κ3) is 4.69. The summed E-state index contributed by atoms with van der Waals surface area (Å²) in [4.78, 5) is 24.5. The lowest BCUT2D eigenvalue weighted by Gasteiger charge is -2.23. The van der Waals surface area contributed by atoms with Gasteiger partial charge in [-0.2, -0.15) is 0 Å². The Balaban J connectivity index is 1.91. The van der Waals surface area contributed by atoms with Crippen LogP contribution in [0.4, 0.5) is 10.5 Å². The fourth-order valence-corrected chi connectivity index (χ4v) is 3.50. The molecule has 158 valence electrons. The molecule has 0 spiro atoms. The van der Waals surface area contributed by atoms with E-state index in [0.29, 0.717) is 16.7 Å². The largest absolute Gasteiger partial charge is 0.490 e. The molecule has 29 heavy (non-hydrogen) atoms. The second kappa shape index (κ2) is 8.81. The van der Waals surface area contributed by atoms with Crippen LogP contribution >= 0.6 is 0 Å². The van der Waals surface area contributed by atoms with Crippen LogP contribution in [0.5, 0.6) is 5.75 Å². The molecule has 1 aliphatic carbocycles. The highest BCUT2D eigenvalue weighted by Crippen LogP contribution is 2.37. The van der Waals surface area contributed by atoms with E-state index in [9.17, 15) is 14.7 Å². The first-order chi connectivity index (χ1) is 13.9.